The Hall–Kier alpha value is -1.92. The molecule has 0 spiro atoms. The number of hydrogen-bond acceptors (Lipinski definition) is 4. The Labute approximate surface area is 150 Å². The third kappa shape index (κ3) is 6.84. The summed E-state index contributed by atoms with van der Waals surface area (Å²) in [5.41, 5.74) is 3.10. The van der Waals surface area contributed by atoms with Gasteiger partial charge in [-0.3, -0.25) is 4.98 Å². The predicted octanol–water partition coefficient (Wildman–Crippen LogP) is 3.58. The third-order valence-electron chi connectivity index (χ3n) is 3.97. The van der Waals surface area contributed by atoms with Gasteiger partial charge in [0.1, 0.15) is 12.4 Å². The minimum Gasteiger partial charge on any atom is -0.489 e. The first-order chi connectivity index (χ1) is 12.0. The number of ether oxygens (including phenoxy) is 1. The van der Waals surface area contributed by atoms with Crippen LogP contribution in [0, 0.1) is 6.92 Å². The maximum atomic E-state index is 11.9. The maximum absolute atomic E-state index is 11.9. The van der Waals surface area contributed by atoms with E-state index in [0.29, 0.717) is 19.6 Å². The number of rotatable bonds is 10. The molecule has 0 amide bonds. The molecular formula is C19H26N2O3S. The average molecular weight is 362 g/mol. The zero-order chi connectivity index (χ0) is 18.1. The molecule has 0 aliphatic heterocycles. The van der Waals surface area contributed by atoms with Crippen LogP contribution < -0.4 is 9.46 Å². The second kappa shape index (κ2) is 9.53. The maximum Gasteiger partial charge on any atom is 0.211 e. The molecule has 1 N–H and O–H groups in total. The van der Waals surface area contributed by atoms with Crippen molar-refractivity contribution in [3.8, 4) is 5.75 Å². The second-order valence-corrected chi connectivity index (χ2v) is 8.01. The van der Waals surface area contributed by atoms with Crippen LogP contribution in [0.4, 0.5) is 0 Å². The van der Waals surface area contributed by atoms with Gasteiger partial charge in [0.15, 0.2) is 0 Å². The molecule has 1 heterocycles. The van der Waals surface area contributed by atoms with E-state index in [2.05, 4.69) is 16.6 Å². The van der Waals surface area contributed by atoms with Gasteiger partial charge >= 0.3 is 0 Å². The average Bonchev–Trinajstić information content (AvgIpc) is 2.60. The molecule has 0 radical (unpaired) electrons. The fraction of sp³-hybridized carbons (Fsp3) is 0.421. The molecule has 0 saturated heterocycles. The van der Waals surface area contributed by atoms with E-state index in [1.165, 1.54) is 0 Å². The summed E-state index contributed by atoms with van der Waals surface area (Å²) in [5.74, 6) is 0.943. The minimum absolute atomic E-state index is 0.188. The molecule has 0 bridgehead atoms. The molecule has 6 heteroatoms. The monoisotopic (exact) mass is 362 g/mol. The molecule has 5 nitrogen and oxygen atoms in total. The van der Waals surface area contributed by atoms with Crippen LogP contribution >= 0.6 is 0 Å². The van der Waals surface area contributed by atoms with E-state index >= 15 is 0 Å². The van der Waals surface area contributed by atoms with E-state index in [9.17, 15) is 8.42 Å². The van der Waals surface area contributed by atoms with Crippen molar-refractivity contribution < 1.29 is 13.2 Å². The molecule has 2 aromatic rings. The van der Waals surface area contributed by atoms with E-state index in [0.717, 1.165) is 35.3 Å². The topological polar surface area (TPSA) is 68.3 Å². The zero-order valence-electron chi connectivity index (χ0n) is 14.9. The number of unbranched alkanes of at least 4 members (excludes halogenated alkanes) is 2. The van der Waals surface area contributed by atoms with Gasteiger partial charge in [-0.05, 0) is 48.2 Å². The number of sulfonamides is 1. The van der Waals surface area contributed by atoms with E-state index < -0.39 is 10.0 Å². The van der Waals surface area contributed by atoms with Gasteiger partial charge in [0.25, 0.3) is 0 Å². The lowest BCUT2D eigenvalue weighted by atomic mass is 10.2. The van der Waals surface area contributed by atoms with Gasteiger partial charge in [0, 0.05) is 18.9 Å². The Morgan fingerprint density at radius 2 is 1.88 bits per heavy atom. The smallest absolute Gasteiger partial charge is 0.211 e. The first-order valence-corrected chi connectivity index (χ1v) is 10.2. The molecule has 0 unspecified atom stereocenters. The molecule has 0 saturated carbocycles. The highest BCUT2D eigenvalue weighted by Gasteiger charge is 2.09. The van der Waals surface area contributed by atoms with Crippen LogP contribution in [-0.4, -0.2) is 19.2 Å². The van der Waals surface area contributed by atoms with Crippen LogP contribution in [0.3, 0.4) is 0 Å². The van der Waals surface area contributed by atoms with Crippen molar-refractivity contribution >= 4 is 10.0 Å². The number of benzene rings is 1. The Kier molecular flexibility index (Phi) is 7.40. The molecule has 0 fully saturated rings. The van der Waals surface area contributed by atoms with Crippen LogP contribution in [0.25, 0.3) is 0 Å². The first-order valence-electron chi connectivity index (χ1n) is 8.59. The van der Waals surface area contributed by atoms with Gasteiger partial charge in [-0.15, -0.1) is 0 Å². The molecule has 1 aromatic heterocycles. The summed E-state index contributed by atoms with van der Waals surface area (Å²) in [4.78, 5) is 4.06. The lowest BCUT2D eigenvalue weighted by Gasteiger charge is -2.10. The summed E-state index contributed by atoms with van der Waals surface area (Å²) in [7, 11) is -3.20. The van der Waals surface area contributed by atoms with E-state index in [1.807, 2.05) is 43.5 Å². The summed E-state index contributed by atoms with van der Waals surface area (Å²) < 4.78 is 32.2. The van der Waals surface area contributed by atoms with Crippen LogP contribution in [0.1, 0.15) is 42.9 Å². The molecule has 2 rings (SSSR count). The number of nitrogens with zero attached hydrogens (tertiary/aromatic N) is 1. The van der Waals surface area contributed by atoms with Crippen LogP contribution in [0.15, 0.2) is 42.7 Å². The number of pyridine rings is 1. The largest absolute Gasteiger partial charge is 0.489 e. The summed E-state index contributed by atoms with van der Waals surface area (Å²) in [5, 5.41) is 0. The fourth-order valence-electron chi connectivity index (χ4n) is 2.34. The van der Waals surface area contributed by atoms with Crippen LogP contribution in [0.5, 0.6) is 5.75 Å². The Morgan fingerprint density at radius 3 is 2.56 bits per heavy atom. The lowest BCUT2D eigenvalue weighted by Crippen LogP contribution is -2.25. The van der Waals surface area contributed by atoms with Crippen molar-refractivity contribution in [3.63, 3.8) is 0 Å². The molecule has 0 aliphatic rings. The SMILES string of the molecule is CCCCCS(=O)(=O)NCc1ccc(OCc2ccncc2C)cc1. The van der Waals surface area contributed by atoms with E-state index in [1.54, 1.807) is 6.20 Å². The summed E-state index contributed by atoms with van der Waals surface area (Å²) in [6.07, 6.45) is 6.21. The Bertz CT molecular complexity index is 758. The molecule has 136 valence electrons. The summed E-state index contributed by atoms with van der Waals surface area (Å²) >= 11 is 0. The highest BCUT2D eigenvalue weighted by Crippen LogP contribution is 2.15. The van der Waals surface area contributed by atoms with Crippen molar-refractivity contribution in [2.24, 2.45) is 0 Å². The van der Waals surface area contributed by atoms with Gasteiger partial charge in [-0.2, -0.15) is 0 Å². The van der Waals surface area contributed by atoms with Crippen molar-refractivity contribution in [2.45, 2.75) is 46.3 Å². The Balaban J connectivity index is 1.82. The van der Waals surface area contributed by atoms with Gasteiger partial charge < -0.3 is 4.74 Å². The zero-order valence-corrected chi connectivity index (χ0v) is 15.7. The number of aryl methyl sites for hydroxylation is 1. The Morgan fingerprint density at radius 1 is 1.12 bits per heavy atom. The van der Waals surface area contributed by atoms with Crippen LogP contribution in [-0.2, 0) is 23.2 Å². The number of aromatic nitrogens is 1. The molecule has 0 atom stereocenters. The number of hydrogen-bond donors (Lipinski definition) is 1. The quantitative estimate of drug-likeness (QED) is 0.656. The second-order valence-electron chi connectivity index (χ2n) is 6.08. The normalized spacial score (nSPS) is 11.4. The van der Waals surface area contributed by atoms with Gasteiger partial charge in [0.2, 0.25) is 10.0 Å². The summed E-state index contributed by atoms with van der Waals surface area (Å²) in [6, 6.07) is 9.41. The van der Waals surface area contributed by atoms with E-state index in [4.69, 9.17) is 4.74 Å². The van der Waals surface area contributed by atoms with Gasteiger partial charge in [-0.1, -0.05) is 31.9 Å². The van der Waals surface area contributed by atoms with Crippen molar-refractivity contribution in [1.82, 2.24) is 9.71 Å². The van der Waals surface area contributed by atoms with Gasteiger partial charge in [0.05, 0.1) is 5.75 Å². The van der Waals surface area contributed by atoms with Crippen molar-refractivity contribution in [3.05, 3.63) is 59.4 Å². The lowest BCUT2D eigenvalue weighted by molar-refractivity contribution is 0.305. The molecule has 25 heavy (non-hydrogen) atoms. The predicted molar refractivity (Wildman–Crippen MR) is 99.9 cm³/mol. The highest BCUT2D eigenvalue weighted by molar-refractivity contribution is 7.89. The molecule has 0 aliphatic carbocycles. The standard InChI is InChI=1S/C19H26N2O3S/c1-3-4-5-12-25(22,23)21-14-17-6-8-19(9-7-17)24-15-18-10-11-20-13-16(18)2/h6-11,13,21H,3-5,12,14-15H2,1-2H3. The van der Waals surface area contributed by atoms with Crippen molar-refractivity contribution in [2.75, 3.05) is 5.75 Å². The minimum atomic E-state index is -3.20. The van der Waals surface area contributed by atoms with Gasteiger partial charge in [-0.25, -0.2) is 13.1 Å². The molecule has 1 aromatic carbocycles. The fourth-order valence-corrected chi connectivity index (χ4v) is 3.45. The molecular weight excluding hydrogens is 336 g/mol. The van der Waals surface area contributed by atoms with Crippen molar-refractivity contribution in [1.29, 1.82) is 0 Å². The first kappa shape index (κ1) is 19.4. The number of nitrogens with one attached hydrogen (secondary N) is 1. The summed E-state index contributed by atoms with van der Waals surface area (Å²) in [6.45, 7) is 4.84. The van der Waals surface area contributed by atoms with E-state index in [-0.39, 0.29) is 5.75 Å². The third-order valence-corrected chi connectivity index (χ3v) is 5.38. The highest BCUT2D eigenvalue weighted by atomic mass is 32.2. The van der Waals surface area contributed by atoms with Crippen LogP contribution in [0.2, 0.25) is 0 Å².